The number of anilines is 1. The van der Waals surface area contributed by atoms with Crippen LogP contribution < -0.4 is 10.1 Å². The van der Waals surface area contributed by atoms with Gasteiger partial charge in [0.05, 0.1) is 23.6 Å². The Morgan fingerprint density at radius 3 is 2.23 bits per heavy atom. The standard InChI is InChI=1S/C27H23N5O3/c1-18-25(27(33)28-20-13-15-22(16-14-20)35-21-11-7-4-8-12-21)29-30-26-24(19-9-5-3-6-10-19)23(17-34-2)31-32(18)26/h3-16H,17H2,1-2H3,(H,28,33). The van der Waals surface area contributed by atoms with Crippen LogP contribution in [0.3, 0.4) is 0 Å². The summed E-state index contributed by atoms with van der Waals surface area (Å²) in [6.07, 6.45) is 0. The molecular formula is C27H23N5O3. The van der Waals surface area contributed by atoms with Crippen molar-refractivity contribution in [2.45, 2.75) is 13.5 Å². The molecule has 0 bridgehead atoms. The molecule has 0 aliphatic carbocycles. The molecule has 8 nitrogen and oxygen atoms in total. The summed E-state index contributed by atoms with van der Waals surface area (Å²) < 4.78 is 12.8. The summed E-state index contributed by atoms with van der Waals surface area (Å²) in [5, 5.41) is 16.1. The van der Waals surface area contributed by atoms with Crippen LogP contribution in [0.4, 0.5) is 5.69 Å². The zero-order chi connectivity index (χ0) is 24.2. The second-order valence-corrected chi connectivity index (χ2v) is 7.88. The first kappa shape index (κ1) is 22.2. The summed E-state index contributed by atoms with van der Waals surface area (Å²) in [5.41, 5.74) is 4.47. The molecule has 2 aromatic heterocycles. The summed E-state index contributed by atoms with van der Waals surface area (Å²) in [5.74, 6) is 1.03. The topological polar surface area (TPSA) is 90.6 Å². The third-order valence-electron chi connectivity index (χ3n) is 5.49. The van der Waals surface area contributed by atoms with Gasteiger partial charge < -0.3 is 14.8 Å². The van der Waals surface area contributed by atoms with Crippen molar-refractivity contribution in [3.8, 4) is 22.6 Å². The second-order valence-electron chi connectivity index (χ2n) is 7.88. The maximum Gasteiger partial charge on any atom is 0.278 e. The molecule has 3 aromatic carbocycles. The van der Waals surface area contributed by atoms with Gasteiger partial charge in [0, 0.05) is 12.8 Å². The lowest BCUT2D eigenvalue weighted by Gasteiger charge is -2.09. The number of amides is 1. The minimum Gasteiger partial charge on any atom is -0.457 e. The Kier molecular flexibility index (Phi) is 6.19. The lowest BCUT2D eigenvalue weighted by atomic mass is 10.1. The number of hydrogen-bond acceptors (Lipinski definition) is 6. The fraction of sp³-hybridized carbons (Fsp3) is 0.111. The van der Waals surface area contributed by atoms with Gasteiger partial charge in [0.2, 0.25) is 0 Å². The maximum absolute atomic E-state index is 13.0. The van der Waals surface area contributed by atoms with Gasteiger partial charge in [0.25, 0.3) is 5.91 Å². The summed E-state index contributed by atoms with van der Waals surface area (Å²) in [6.45, 7) is 2.11. The molecule has 0 aliphatic rings. The normalized spacial score (nSPS) is 10.9. The van der Waals surface area contributed by atoms with Crippen LogP contribution in [0.2, 0.25) is 0 Å². The van der Waals surface area contributed by atoms with Gasteiger partial charge in [0.1, 0.15) is 11.5 Å². The lowest BCUT2D eigenvalue weighted by molar-refractivity contribution is 0.102. The van der Waals surface area contributed by atoms with Crippen LogP contribution in [0.25, 0.3) is 16.8 Å². The Bertz CT molecular complexity index is 1470. The molecule has 0 atom stereocenters. The van der Waals surface area contributed by atoms with Gasteiger partial charge in [0.15, 0.2) is 11.3 Å². The molecule has 0 saturated heterocycles. The van der Waals surface area contributed by atoms with Crippen molar-refractivity contribution in [2.24, 2.45) is 0 Å². The predicted octanol–water partition coefficient (Wildman–Crippen LogP) is 5.29. The van der Waals surface area contributed by atoms with Crippen molar-refractivity contribution < 1.29 is 14.3 Å². The van der Waals surface area contributed by atoms with Crippen LogP contribution in [0.5, 0.6) is 11.5 Å². The third kappa shape index (κ3) is 4.60. The molecule has 2 heterocycles. The van der Waals surface area contributed by atoms with E-state index < -0.39 is 0 Å². The van der Waals surface area contributed by atoms with E-state index in [2.05, 4.69) is 20.6 Å². The fourth-order valence-electron chi connectivity index (χ4n) is 3.82. The van der Waals surface area contributed by atoms with Crippen molar-refractivity contribution in [1.82, 2.24) is 19.8 Å². The molecule has 0 spiro atoms. The number of carbonyl (C=O) groups excluding carboxylic acids is 1. The zero-order valence-corrected chi connectivity index (χ0v) is 19.3. The number of methoxy groups -OCH3 is 1. The van der Waals surface area contributed by atoms with Gasteiger partial charge in [-0.3, -0.25) is 4.79 Å². The number of benzene rings is 3. The van der Waals surface area contributed by atoms with Crippen molar-refractivity contribution >= 4 is 17.2 Å². The van der Waals surface area contributed by atoms with E-state index >= 15 is 0 Å². The quantitative estimate of drug-likeness (QED) is 0.351. The van der Waals surface area contributed by atoms with E-state index in [1.807, 2.05) is 60.7 Å². The smallest absolute Gasteiger partial charge is 0.278 e. The molecule has 0 radical (unpaired) electrons. The highest BCUT2D eigenvalue weighted by molar-refractivity contribution is 6.03. The van der Waals surface area contributed by atoms with E-state index in [1.165, 1.54) is 0 Å². The van der Waals surface area contributed by atoms with Crippen LogP contribution in [0.1, 0.15) is 21.9 Å². The van der Waals surface area contributed by atoms with Crippen molar-refractivity contribution in [1.29, 1.82) is 0 Å². The van der Waals surface area contributed by atoms with Gasteiger partial charge in [-0.1, -0.05) is 48.5 Å². The van der Waals surface area contributed by atoms with Gasteiger partial charge in [-0.25, -0.2) is 4.52 Å². The highest BCUT2D eigenvalue weighted by Gasteiger charge is 2.22. The van der Waals surface area contributed by atoms with E-state index in [9.17, 15) is 4.79 Å². The number of aryl methyl sites for hydroxylation is 1. The molecular weight excluding hydrogens is 442 g/mol. The summed E-state index contributed by atoms with van der Waals surface area (Å²) in [7, 11) is 1.62. The number of nitrogens with one attached hydrogen (secondary N) is 1. The zero-order valence-electron chi connectivity index (χ0n) is 19.3. The van der Waals surface area contributed by atoms with E-state index in [0.717, 1.165) is 22.6 Å². The molecule has 174 valence electrons. The molecule has 0 unspecified atom stereocenters. The number of nitrogens with zero attached hydrogens (tertiary/aromatic N) is 4. The Morgan fingerprint density at radius 1 is 0.886 bits per heavy atom. The summed E-state index contributed by atoms with van der Waals surface area (Å²) in [6, 6.07) is 26.5. The molecule has 0 aliphatic heterocycles. The predicted molar refractivity (Wildman–Crippen MR) is 133 cm³/mol. The van der Waals surface area contributed by atoms with E-state index in [4.69, 9.17) is 9.47 Å². The molecule has 8 heteroatoms. The molecule has 5 rings (SSSR count). The largest absolute Gasteiger partial charge is 0.457 e. The van der Waals surface area contributed by atoms with Crippen LogP contribution >= 0.6 is 0 Å². The first-order valence-corrected chi connectivity index (χ1v) is 11.1. The van der Waals surface area contributed by atoms with Gasteiger partial charge in [-0.15, -0.1) is 10.2 Å². The number of fused-ring (bicyclic) bond motifs is 1. The lowest BCUT2D eigenvalue weighted by Crippen LogP contribution is -2.18. The van der Waals surface area contributed by atoms with Crippen molar-refractivity contribution in [2.75, 3.05) is 12.4 Å². The first-order chi connectivity index (χ1) is 17.1. The average molecular weight is 466 g/mol. The molecule has 35 heavy (non-hydrogen) atoms. The van der Waals surface area contributed by atoms with Crippen LogP contribution in [0.15, 0.2) is 84.9 Å². The number of ether oxygens (including phenoxy) is 2. The first-order valence-electron chi connectivity index (χ1n) is 11.1. The molecule has 5 aromatic rings. The van der Waals surface area contributed by atoms with Crippen LogP contribution in [0, 0.1) is 6.92 Å². The maximum atomic E-state index is 13.0. The Morgan fingerprint density at radius 2 is 1.54 bits per heavy atom. The van der Waals surface area contributed by atoms with Crippen LogP contribution in [-0.4, -0.2) is 32.8 Å². The molecule has 1 amide bonds. The Balaban J connectivity index is 1.41. The minimum atomic E-state index is -0.376. The van der Waals surface area contributed by atoms with Crippen molar-refractivity contribution in [3.63, 3.8) is 0 Å². The monoisotopic (exact) mass is 465 g/mol. The van der Waals surface area contributed by atoms with E-state index in [-0.39, 0.29) is 11.6 Å². The summed E-state index contributed by atoms with van der Waals surface area (Å²) >= 11 is 0. The number of hydrogen-bond donors (Lipinski definition) is 1. The van der Waals surface area contributed by atoms with Gasteiger partial charge in [-0.2, -0.15) is 5.10 Å². The van der Waals surface area contributed by atoms with Gasteiger partial charge >= 0.3 is 0 Å². The average Bonchev–Trinajstić information content (AvgIpc) is 3.26. The molecule has 0 saturated carbocycles. The third-order valence-corrected chi connectivity index (χ3v) is 5.49. The fourth-order valence-corrected chi connectivity index (χ4v) is 3.82. The number of rotatable bonds is 7. The van der Waals surface area contributed by atoms with Crippen LogP contribution in [-0.2, 0) is 11.3 Å². The van der Waals surface area contributed by atoms with E-state index in [0.29, 0.717) is 29.4 Å². The highest BCUT2D eigenvalue weighted by atomic mass is 16.5. The molecule has 1 N–H and O–H groups in total. The number of aromatic nitrogens is 4. The Hall–Kier alpha value is -4.56. The van der Waals surface area contributed by atoms with Gasteiger partial charge in [-0.05, 0) is 48.9 Å². The second kappa shape index (κ2) is 9.74. The molecule has 0 fully saturated rings. The summed E-state index contributed by atoms with van der Waals surface area (Å²) in [4.78, 5) is 13.0. The van der Waals surface area contributed by atoms with E-state index in [1.54, 1.807) is 42.8 Å². The highest BCUT2D eigenvalue weighted by Crippen LogP contribution is 2.29. The number of carbonyl (C=O) groups is 1. The van der Waals surface area contributed by atoms with Crippen molar-refractivity contribution in [3.05, 3.63) is 102 Å². The minimum absolute atomic E-state index is 0.188. The number of para-hydroxylation sites is 1. The Labute approximate surface area is 202 Å². The SMILES string of the molecule is COCc1nn2c(C)c(C(=O)Nc3ccc(Oc4ccccc4)cc3)nnc2c1-c1ccccc1.